The van der Waals surface area contributed by atoms with Crippen molar-refractivity contribution in [3.63, 3.8) is 0 Å². The summed E-state index contributed by atoms with van der Waals surface area (Å²) >= 11 is 0. The van der Waals surface area contributed by atoms with Crippen LogP contribution in [0.2, 0.25) is 0 Å². The van der Waals surface area contributed by atoms with Crippen molar-refractivity contribution in [2.75, 3.05) is 11.8 Å². The molecule has 0 aliphatic rings. The molecule has 0 amide bonds. The summed E-state index contributed by atoms with van der Waals surface area (Å²) in [6.07, 6.45) is 0. The second-order valence-corrected chi connectivity index (χ2v) is 6.07. The van der Waals surface area contributed by atoms with Crippen molar-refractivity contribution >= 4 is 21.5 Å². The summed E-state index contributed by atoms with van der Waals surface area (Å²) in [6, 6.07) is 12.5. The van der Waals surface area contributed by atoms with E-state index in [0.29, 0.717) is 17.0 Å². The highest BCUT2D eigenvalue weighted by Crippen LogP contribution is 2.26. The van der Waals surface area contributed by atoms with Gasteiger partial charge < -0.3 is 4.74 Å². The van der Waals surface area contributed by atoms with E-state index in [-0.39, 0.29) is 10.7 Å². The van der Waals surface area contributed by atoms with Crippen LogP contribution in [0.3, 0.4) is 0 Å². The van der Waals surface area contributed by atoms with Crippen molar-refractivity contribution < 1.29 is 17.9 Å². The molecule has 21 heavy (non-hydrogen) atoms. The lowest BCUT2D eigenvalue weighted by atomic mass is 10.2. The Morgan fingerprint density at radius 3 is 2.24 bits per heavy atom. The lowest BCUT2D eigenvalue weighted by molar-refractivity contribution is 0.101. The first kappa shape index (κ1) is 15.1. The van der Waals surface area contributed by atoms with E-state index in [9.17, 15) is 13.2 Å². The Hall–Kier alpha value is -2.34. The van der Waals surface area contributed by atoms with Crippen LogP contribution in [-0.2, 0) is 10.0 Å². The smallest absolute Gasteiger partial charge is 0.262 e. The summed E-state index contributed by atoms with van der Waals surface area (Å²) < 4.78 is 32.2. The molecule has 0 bridgehead atoms. The molecule has 0 aliphatic heterocycles. The molecule has 0 saturated heterocycles. The maximum absolute atomic E-state index is 12.3. The molecule has 0 radical (unpaired) electrons. The maximum Gasteiger partial charge on any atom is 0.262 e. The molecule has 0 heterocycles. The minimum atomic E-state index is -3.73. The van der Waals surface area contributed by atoms with E-state index >= 15 is 0 Å². The Morgan fingerprint density at radius 1 is 1.05 bits per heavy atom. The van der Waals surface area contributed by atoms with Crippen molar-refractivity contribution in [3.05, 3.63) is 54.1 Å². The zero-order valence-corrected chi connectivity index (χ0v) is 12.5. The molecule has 0 saturated carbocycles. The van der Waals surface area contributed by atoms with Crippen LogP contribution >= 0.6 is 0 Å². The number of ether oxygens (including phenoxy) is 1. The van der Waals surface area contributed by atoms with Gasteiger partial charge in [-0.15, -0.1) is 0 Å². The van der Waals surface area contributed by atoms with E-state index in [1.165, 1.54) is 38.3 Å². The number of para-hydroxylation sites is 2. The molecule has 0 aliphatic carbocycles. The Balaban J connectivity index is 2.32. The predicted molar refractivity (Wildman–Crippen MR) is 80.2 cm³/mol. The first-order chi connectivity index (χ1) is 9.94. The Labute approximate surface area is 123 Å². The Bertz CT molecular complexity index is 751. The average molecular weight is 305 g/mol. The van der Waals surface area contributed by atoms with Crippen LogP contribution in [0.15, 0.2) is 53.4 Å². The monoisotopic (exact) mass is 305 g/mol. The van der Waals surface area contributed by atoms with Gasteiger partial charge in [-0.1, -0.05) is 24.3 Å². The number of carbonyl (C=O) groups excluding carboxylic acids is 1. The third-order valence-electron chi connectivity index (χ3n) is 2.92. The van der Waals surface area contributed by atoms with E-state index in [2.05, 4.69) is 4.72 Å². The summed E-state index contributed by atoms with van der Waals surface area (Å²) in [5.41, 5.74) is 0.821. The number of rotatable bonds is 5. The third-order valence-corrected chi connectivity index (χ3v) is 4.30. The molecule has 2 aromatic rings. The van der Waals surface area contributed by atoms with Crippen LogP contribution in [-0.4, -0.2) is 21.3 Å². The highest BCUT2D eigenvalue weighted by atomic mass is 32.2. The zero-order valence-electron chi connectivity index (χ0n) is 11.7. The van der Waals surface area contributed by atoms with E-state index in [1.807, 2.05) is 0 Å². The van der Waals surface area contributed by atoms with Gasteiger partial charge in [-0.25, -0.2) is 8.42 Å². The number of carbonyl (C=O) groups is 1. The number of sulfonamides is 1. The van der Waals surface area contributed by atoms with Gasteiger partial charge in [0.1, 0.15) is 5.75 Å². The average Bonchev–Trinajstić information content (AvgIpc) is 2.47. The molecular weight excluding hydrogens is 290 g/mol. The molecule has 5 nitrogen and oxygen atoms in total. The number of benzene rings is 2. The third kappa shape index (κ3) is 3.41. The first-order valence-electron chi connectivity index (χ1n) is 6.21. The number of anilines is 1. The van der Waals surface area contributed by atoms with Gasteiger partial charge in [0.05, 0.1) is 17.7 Å². The molecule has 2 aromatic carbocycles. The van der Waals surface area contributed by atoms with Gasteiger partial charge in [0.2, 0.25) is 0 Å². The fourth-order valence-corrected chi connectivity index (χ4v) is 2.87. The van der Waals surface area contributed by atoms with Crippen LogP contribution in [0.25, 0.3) is 0 Å². The van der Waals surface area contributed by atoms with E-state index < -0.39 is 10.0 Å². The summed E-state index contributed by atoms with van der Waals surface area (Å²) in [5, 5.41) is 0. The summed E-state index contributed by atoms with van der Waals surface area (Å²) in [7, 11) is -2.26. The minimum Gasteiger partial charge on any atom is -0.495 e. The Morgan fingerprint density at radius 2 is 1.67 bits per heavy atom. The summed E-state index contributed by atoms with van der Waals surface area (Å²) in [6.45, 7) is 1.43. The number of methoxy groups -OCH3 is 1. The van der Waals surface area contributed by atoms with Gasteiger partial charge in [0.25, 0.3) is 10.0 Å². The van der Waals surface area contributed by atoms with Crippen molar-refractivity contribution in [2.24, 2.45) is 0 Å². The number of Topliss-reactive ketones (excluding diaryl/α,β-unsaturated/α-hetero) is 1. The second-order valence-electron chi connectivity index (χ2n) is 4.39. The second kappa shape index (κ2) is 5.97. The van der Waals surface area contributed by atoms with Crippen LogP contribution < -0.4 is 9.46 Å². The fraction of sp³-hybridized carbons (Fsp3) is 0.133. The van der Waals surface area contributed by atoms with Gasteiger partial charge in [0.15, 0.2) is 5.78 Å². The molecule has 6 heteroatoms. The summed E-state index contributed by atoms with van der Waals surface area (Å²) in [4.78, 5) is 11.3. The molecule has 0 spiro atoms. The van der Waals surface area contributed by atoms with Crippen molar-refractivity contribution in [1.82, 2.24) is 0 Å². The van der Waals surface area contributed by atoms with Gasteiger partial charge in [0, 0.05) is 5.56 Å². The molecule has 110 valence electrons. The highest BCUT2D eigenvalue weighted by molar-refractivity contribution is 7.92. The maximum atomic E-state index is 12.3. The van der Waals surface area contributed by atoms with Crippen LogP contribution in [0, 0.1) is 0 Å². The van der Waals surface area contributed by atoms with Gasteiger partial charge in [-0.2, -0.15) is 0 Å². The lowest BCUT2D eigenvalue weighted by Crippen LogP contribution is -2.13. The number of hydrogen-bond donors (Lipinski definition) is 1. The summed E-state index contributed by atoms with van der Waals surface area (Å²) in [5.74, 6) is 0.318. The van der Waals surface area contributed by atoms with Crippen LogP contribution in [0.1, 0.15) is 17.3 Å². The van der Waals surface area contributed by atoms with Crippen LogP contribution in [0.5, 0.6) is 5.75 Å². The fourth-order valence-electron chi connectivity index (χ4n) is 1.80. The van der Waals surface area contributed by atoms with Crippen LogP contribution in [0.4, 0.5) is 5.69 Å². The van der Waals surface area contributed by atoms with E-state index in [0.717, 1.165) is 0 Å². The number of hydrogen-bond acceptors (Lipinski definition) is 4. The standard InChI is InChI=1S/C15H15NO4S/c1-11(17)12-7-9-13(10-8-12)21(18,19)16-14-5-3-4-6-15(14)20-2/h3-10,16H,1-2H3. The molecule has 0 aromatic heterocycles. The SMILES string of the molecule is COc1ccccc1NS(=O)(=O)c1ccc(C(C)=O)cc1. The van der Waals surface area contributed by atoms with E-state index in [1.54, 1.807) is 24.3 Å². The van der Waals surface area contributed by atoms with Crippen molar-refractivity contribution in [2.45, 2.75) is 11.8 Å². The molecule has 0 atom stereocenters. The lowest BCUT2D eigenvalue weighted by Gasteiger charge is -2.11. The largest absolute Gasteiger partial charge is 0.495 e. The minimum absolute atomic E-state index is 0.0819. The quantitative estimate of drug-likeness (QED) is 0.862. The number of ketones is 1. The predicted octanol–water partition coefficient (Wildman–Crippen LogP) is 2.70. The topological polar surface area (TPSA) is 72.5 Å². The van der Waals surface area contributed by atoms with Gasteiger partial charge in [-0.3, -0.25) is 9.52 Å². The normalized spacial score (nSPS) is 11.0. The molecule has 0 unspecified atom stereocenters. The molecule has 1 N–H and O–H groups in total. The number of nitrogens with one attached hydrogen (secondary N) is 1. The van der Waals surface area contributed by atoms with Gasteiger partial charge in [-0.05, 0) is 31.2 Å². The molecule has 0 fully saturated rings. The molecule has 2 rings (SSSR count). The molecular formula is C15H15NO4S. The Kier molecular flexibility index (Phi) is 4.28. The zero-order chi connectivity index (χ0) is 15.5. The van der Waals surface area contributed by atoms with Crippen molar-refractivity contribution in [1.29, 1.82) is 0 Å². The van der Waals surface area contributed by atoms with E-state index in [4.69, 9.17) is 4.74 Å². The first-order valence-corrected chi connectivity index (χ1v) is 7.69. The van der Waals surface area contributed by atoms with Crippen molar-refractivity contribution in [3.8, 4) is 5.75 Å². The highest BCUT2D eigenvalue weighted by Gasteiger charge is 2.16. The van der Waals surface area contributed by atoms with Gasteiger partial charge >= 0.3 is 0 Å².